The number of hydrogen-bond donors (Lipinski definition) is 1. The van der Waals surface area contributed by atoms with Crippen molar-refractivity contribution in [3.8, 4) is 11.8 Å². The number of carbonyl (C=O) groups excluding carboxylic acids is 1. The van der Waals surface area contributed by atoms with Crippen molar-refractivity contribution in [2.24, 2.45) is 0 Å². The van der Waals surface area contributed by atoms with E-state index in [0.29, 0.717) is 17.9 Å². The van der Waals surface area contributed by atoms with Gasteiger partial charge in [-0.2, -0.15) is 5.26 Å². The number of carbonyl (C=O) groups is 1. The largest absolute Gasteiger partial charge is 0.484 e. The van der Waals surface area contributed by atoms with Gasteiger partial charge in [0.25, 0.3) is 5.91 Å². The van der Waals surface area contributed by atoms with Crippen LogP contribution in [0.25, 0.3) is 0 Å². The molecule has 0 atom stereocenters. The molecule has 0 aromatic heterocycles. The van der Waals surface area contributed by atoms with Crippen LogP contribution in [-0.4, -0.2) is 19.1 Å². The molecule has 4 heteroatoms. The maximum atomic E-state index is 12.1. The second kappa shape index (κ2) is 7.18. The summed E-state index contributed by atoms with van der Waals surface area (Å²) in [7, 11) is 0. The molecule has 2 aromatic carbocycles. The minimum absolute atomic E-state index is 0.0171. The molecule has 0 aliphatic heterocycles. The van der Waals surface area contributed by atoms with Crippen LogP contribution in [0.2, 0.25) is 0 Å². The lowest BCUT2D eigenvalue weighted by molar-refractivity contribution is -0.123. The van der Waals surface area contributed by atoms with Crippen molar-refractivity contribution in [2.75, 3.05) is 13.2 Å². The van der Waals surface area contributed by atoms with Crippen LogP contribution < -0.4 is 10.1 Å². The molecule has 1 saturated carbocycles. The number of nitriles is 1. The van der Waals surface area contributed by atoms with Gasteiger partial charge in [0.15, 0.2) is 6.61 Å². The van der Waals surface area contributed by atoms with Gasteiger partial charge in [-0.05, 0) is 42.7 Å². The first kappa shape index (κ1) is 16.1. The predicted octanol–water partition coefficient (Wildman–Crippen LogP) is 3.18. The lowest BCUT2D eigenvalue weighted by atomic mass is 9.64. The summed E-state index contributed by atoms with van der Waals surface area (Å²) in [5.74, 6) is 0.465. The van der Waals surface area contributed by atoms with Gasteiger partial charge in [0.2, 0.25) is 0 Å². The number of rotatable bonds is 6. The van der Waals surface area contributed by atoms with E-state index in [9.17, 15) is 4.79 Å². The van der Waals surface area contributed by atoms with Crippen molar-refractivity contribution in [2.45, 2.75) is 24.7 Å². The van der Waals surface area contributed by atoms with Crippen LogP contribution in [0, 0.1) is 11.3 Å². The van der Waals surface area contributed by atoms with Crippen LogP contribution in [0.5, 0.6) is 5.75 Å². The van der Waals surface area contributed by atoms with Gasteiger partial charge >= 0.3 is 0 Å². The molecular formula is C20H20N2O2. The molecule has 1 fully saturated rings. The Bertz CT molecular complexity index is 728. The lowest BCUT2D eigenvalue weighted by Crippen LogP contribution is -2.46. The minimum atomic E-state index is -0.124. The molecule has 0 spiro atoms. The van der Waals surface area contributed by atoms with Crippen molar-refractivity contribution in [1.29, 1.82) is 5.26 Å². The summed E-state index contributed by atoms with van der Waals surface area (Å²) in [6.07, 6.45) is 3.41. The van der Waals surface area contributed by atoms with E-state index in [1.165, 1.54) is 12.0 Å². The Hall–Kier alpha value is -2.80. The summed E-state index contributed by atoms with van der Waals surface area (Å²) in [5, 5.41) is 11.8. The molecule has 1 N–H and O–H groups in total. The number of amides is 1. The first-order chi connectivity index (χ1) is 11.7. The van der Waals surface area contributed by atoms with E-state index in [2.05, 4.69) is 17.4 Å². The van der Waals surface area contributed by atoms with E-state index in [4.69, 9.17) is 10.00 Å². The quantitative estimate of drug-likeness (QED) is 0.889. The second-order valence-corrected chi connectivity index (χ2v) is 6.20. The molecule has 24 heavy (non-hydrogen) atoms. The highest BCUT2D eigenvalue weighted by Gasteiger charge is 2.38. The molecule has 1 amide bonds. The van der Waals surface area contributed by atoms with Gasteiger partial charge < -0.3 is 10.1 Å². The molecule has 1 aliphatic rings. The van der Waals surface area contributed by atoms with E-state index in [-0.39, 0.29) is 17.9 Å². The van der Waals surface area contributed by atoms with Crippen LogP contribution >= 0.6 is 0 Å². The summed E-state index contributed by atoms with van der Waals surface area (Å²) in [6.45, 7) is 0.628. The second-order valence-electron chi connectivity index (χ2n) is 6.20. The minimum Gasteiger partial charge on any atom is -0.484 e. The fourth-order valence-electron chi connectivity index (χ4n) is 3.06. The van der Waals surface area contributed by atoms with Crippen LogP contribution in [0.3, 0.4) is 0 Å². The summed E-state index contributed by atoms with van der Waals surface area (Å²) < 4.78 is 5.47. The van der Waals surface area contributed by atoms with Crippen LogP contribution in [0.1, 0.15) is 30.4 Å². The summed E-state index contributed by atoms with van der Waals surface area (Å²) in [5.41, 5.74) is 1.94. The predicted molar refractivity (Wildman–Crippen MR) is 91.6 cm³/mol. The molecule has 0 radical (unpaired) electrons. The maximum Gasteiger partial charge on any atom is 0.257 e. The summed E-state index contributed by atoms with van der Waals surface area (Å²) in [4.78, 5) is 12.1. The first-order valence-electron chi connectivity index (χ1n) is 8.17. The standard InChI is InChI=1S/C20H20N2O2/c21-13-16-7-9-18(10-8-16)24-14-19(23)22-15-20(11-4-12-20)17-5-2-1-3-6-17/h1-3,5-10H,4,11-12,14-15H2,(H,22,23). The third-order valence-electron chi connectivity index (χ3n) is 4.67. The molecule has 4 nitrogen and oxygen atoms in total. The Labute approximate surface area is 142 Å². The average Bonchev–Trinajstić information content (AvgIpc) is 2.60. The maximum absolute atomic E-state index is 12.1. The Morgan fingerprint density at radius 2 is 1.83 bits per heavy atom. The molecule has 0 saturated heterocycles. The fourth-order valence-corrected chi connectivity index (χ4v) is 3.06. The molecular weight excluding hydrogens is 300 g/mol. The van der Waals surface area contributed by atoms with Crippen molar-refractivity contribution >= 4 is 5.91 Å². The van der Waals surface area contributed by atoms with Gasteiger partial charge in [-0.3, -0.25) is 4.79 Å². The monoisotopic (exact) mass is 320 g/mol. The van der Waals surface area contributed by atoms with E-state index < -0.39 is 0 Å². The zero-order valence-corrected chi connectivity index (χ0v) is 13.5. The van der Waals surface area contributed by atoms with Gasteiger partial charge in [-0.1, -0.05) is 36.8 Å². The lowest BCUT2D eigenvalue weighted by Gasteiger charge is -2.42. The topological polar surface area (TPSA) is 62.1 Å². The van der Waals surface area contributed by atoms with Crippen LogP contribution in [0.15, 0.2) is 54.6 Å². The number of nitrogens with one attached hydrogen (secondary N) is 1. The van der Waals surface area contributed by atoms with Crippen LogP contribution in [0.4, 0.5) is 0 Å². The SMILES string of the molecule is N#Cc1ccc(OCC(=O)NCC2(c3ccccc3)CCC2)cc1. The Kier molecular flexibility index (Phi) is 4.81. The van der Waals surface area contributed by atoms with Gasteiger partial charge in [-0.25, -0.2) is 0 Å². The third-order valence-corrected chi connectivity index (χ3v) is 4.67. The summed E-state index contributed by atoms with van der Waals surface area (Å²) >= 11 is 0. The fraction of sp³-hybridized carbons (Fsp3) is 0.300. The summed E-state index contributed by atoms with van der Waals surface area (Å²) in [6, 6.07) is 19.2. The Morgan fingerprint density at radius 1 is 1.12 bits per heavy atom. The smallest absolute Gasteiger partial charge is 0.257 e. The molecule has 1 aliphatic carbocycles. The highest BCUT2D eigenvalue weighted by atomic mass is 16.5. The van der Waals surface area contributed by atoms with E-state index in [1.54, 1.807) is 24.3 Å². The Balaban J connectivity index is 1.51. The highest BCUT2D eigenvalue weighted by Crippen LogP contribution is 2.43. The normalized spacial score (nSPS) is 15.0. The van der Waals surface area contributed by atoms with Gasteiger partial charge in [-0.15, -0.1) is 0 Å². The zero-order valence-electron chi connectivity index (χ0n) is 13.5. The van der Waals surface area contributed by atoms with Gasteiger partial charge in [0, 0.05) is 12.0 Å². The molecule has 0 bridgehead atoms. The highest BCUT2D eigenvalue weighted by molar-refractivity contribution is 5.77. The third kappa shape index (κ3) is 3.57. The van der Waals surface area contributed by atoms with Crippen molar-refractivity contribution in [3.05, 3.63) is 65.7 Å². The van der Waals surface area contributed by atoms with Crippen LogP contribution in [-0.2, 0) is 10.2 Å². The van der Waals surface area contributed by atoms with Crippen molar-refractivity contribution < 1.29 is 9.53 Å². The van der Waals surface area contributed by atoms with E-state index in [0.717, 1.165) is 12.8 Å². The zero-order chi connectivity index (χ0) is 16.8. The molecule has 0 heterocycles. The first-order valence-corrected chi connectivity index (χ1v) is 8.17. The number of benzene rings is 2. The van der Waals surface area contributed by atoms with Gasteiger partial charge in [0.1, 0.15) is 5.75 Å². The Morgan fingerprint density at radius 3 is 2.42 bits per heavy atom. The van der Waals surface area contributed by atoms with Crippen molar-refractivity contribution in [1.82, 2.24) is 5.32 Å². The van der Waals surface area contributed by atoms with Gasteiger partial charge in [0.05, 0.1) is 11.6 Å². The van der Waals surface area contributed by atoms with Crippen molar-refractivity contribution in [3.63, 3.8) is 0 Å². The van der Waals surface area contributed by atoms with E-state index >= 15 is 0 Å². The molecule has 122 valence electrons. The van der Waals surface area contributed by atoms with E-state index in [1.807, 2.05) is 24.3 Å². The number of hydrogen-bond acceptors (Lipinski definition) is 3. The molecule has 3 rings (SSSR count). The molecule has 2 aromatic rings. The number of nitrogens with zero attached hydrogens (tertiary/aromatic N) is 1. The number of ether oxygens (including phenoxy) is 1. The molecule has 0 unspecified atom stereocenters. The average molecular weight is 320 g/mol.